The number of carbonyl (C=O) groups is 1. The first-order valence-corrected chi connectivity index (χ1v) is 9.50. The normalized spacial score (nSPS) is 11.2. The summed E-state index contributed by atoms with van der Waals surface area (Å²) in [4.78, 5) is 16.3. The highest BCUT2D eigenvalue weighted by atomic mass is 19.4. The molecule has 0 aliphatic carbocycles. The van der Waals surface area contributed by atoms with Crippen molar-refractivity contribution in [3.63, 3.8) is 0 Å². The van der Waals surface area contributed by atoms with Crippen molar-refractivity contribution in [1.29, 1.82) is 5.26 Å². The van der Waals surface area contributed by atoms with Gasteiger partial charge in [0.15, 0.2) is 5.65 Å². The molecule has 166 valence electrons. The second-order valence-electron chi connectivity index (χ2n) is 6.96. The number of nitrogens with one attached hydrogen (secondary N) is 2. The fourth-order valence-electron chi connectivity index (χ4n) is 3.09. The molecule has 7 nitrogen and oxygen atoms in total. The van der Waals surface area contributed by atoms with E-state index in [9.17, 15) is 27.6 Å². The van der Waals surface area contributed by atoms with E-state index in [1.807, 2.05) is 0 Å². The van der Waals surface area contributed by atoms with Crippen molar-refractivity contribution in [2.24, 2.45) is 0 Å². The summed E-state index contributed by atoms with van der Waals surface area (Å²) in [7, 11) is 0. The summed E-state index contributed by atoms with van der Waals surface area (Å²) in [5, 5.41) is 18.2. The first-order valence-electron chi connectivity index (χ1n) is 9.50. The molecule has 2 aromatic carbocycles. The Bertz CT molecular complexity index is 1390. The van der Waals surface area contributed by atoms with Crippen LogP contribution in [0.4, 0.5) is 29.2 Å². The van der Waals surface area contributed by atoms with Gasteiger partial charge < -0.3 is 10.6 Å². The summed E-state index contributed by atoms with van der Waals surface area (Å²) >= 11 is 0. The van der Waals surface area contributed by atoms with Gasteiger partial charge in [-0.05, 0) is 48.0 Å². The summed E-state index contributed by atoms with van der Waals surface area (Å²) < 4.78 is 52.6. The van der Waals surface area contributed by atoms with E-state index in [2.05, 4.69) is 21.5 Å². The maximum atomic E-state index is 14.1. The van der Waals surface area contributed by atoms with Crippen molar-refractivity contribution in [2.45, 2.75) is 6.18 Å². The molecule has 0 aliphatic rings. The van der Waals surface area contributed by atoms with Gasteiger partial charge in [-0.2, -0.15) is 23.4 Å². The quantitative estimate of drug-likeness (QED) is 0.435. The van der Waals surface area contributed by atoms with Crippen LogP contribution in [0.2, 0.25) is 0 Å². The third-order valence-electron chi connectivity index (χ3n) is 4.57. The summed E-state index contributed by atoms with van der Waals surface area (Å²) in [5.41, 5.74) is 1.87. The maximum absolute atomic E-state index is 14.1. The number of para-hydroxylation sites is 1. The summed E-state index contributed by atoms with van der Waals surface area (Å²) in [5.74, 6) is -1.60. The summed E-state index contributed by atoms with van der Waals surface area (Å²) in [6, 6.07) is 15.4. The molecule has 0 bridgehead atoms. The number of benzene rings is 2. The molecule has 0 atom stereocenters. The zero-order chi connectivity index (χ0) is 23.6. The molecule has 4 rings (SSSR count). The first-order chi connectivity index (χ1) is 15.7. The van der Waals surface area contributed by atoms with Gasteiger partial charge in [0.2, 0.25) is 5.95 Å². The van der Waals surface area contributed by atoms with Crippen molar-refractivity contribution in [1.82, 2.24) is 19.9 Å². The van der Waals surface area contributed by atoms with Crippen LogP contribution in [0.15, 0.2) is 60.8 Å². The number of pyridine rings is 1. The molecule has 11 heteroatoms. The topological polar surface area (TPSA) is 95.1 Å². The molecule has 0 spiro atoms. The van der Waals surface area contributed by atoms with Gasteiger partial charge in [0.25, 0.3) is 5.91 Å². The highest BCUT2D eigenvalue weighted by molar-refractivity contribution is 5.95. The van der Waals surface area contributed by atoms with Crippen LogP contribution in [-0.2, 0) is 0 Å². The Balaban J connectivity index is 1.62. The molecule has 2 N–H and O–H groups in total. The highest BCUT2D eigenvalue weighted by Gasteiger charge is 2.28. The van der Waals surface area contributed by atoms with Crippen LogP contribution in [-0.4, -0.2) is 33.2 Å². The van der Waals surface area contributed by atoms with Crippen LogP contribution in [0.3, 0.4) is 0 Å². The predicted molar refractivity (Wildman–Crippen MR) is 111 cm³/mol. The van der Waals surface area contributed by atoms with Crippen LogP contribution in [0.25, 0.3) is 16.8 Å². The van der Waals surface area contributed by atoms with E-state index in [0.717, 1.165) is 12.1 Å². The number of nitrogens with zero attached hydrogens (tertiary/aromatic N) is 4. The van der Waals surface area contributed by atoms with Crippen LogP contribution < -0.4 is 10.6 Å². The lowest BCUT2D eigenvalue weighted by Gasteiger charge is -2.10. The zero-order valence-corrected chi connectivity index (χ0v) is 16.7. The molecule has 0 fully saturated rings. The molecular weight excluding hydrogens is 440 g/mol. The Morgan fingerprint density at radius 2 is 1.88 bits per heavy atom. The second kappa shape index (κ2) is 8.58. The number of hydrogen-bond acceptors (Lipinski definition) is 5. The zero-order valence-electron chi connectivity index (χ0n) is 16.7. The van der Waals surface area contributed by atoms with E-state index in [0.29, 0.717) is 22.5 Å². The monoisotopic (exact) mass is 454 g/mol. The molecule has 1 amide bonds. The number of nitriles is 1. The van der Waals surface area contributed by atoms with Crippen molar-refractivity contribution in [2.75, 3.05) is 11.9 Å². The fourth-order valence-corrected chi connectivity index (χ4v) is 3.09. The molecule has 0 saturated carbocycles. The molecule has 4 aromatic rings. The van der Waals surface area contributed by atoms with Crippen molar-refractivity contribution >= 4 is 23.2 Å². The number of hydrogen-bond donors (Lipinski definition) is 2. The number of halogens is 4. The Labute approximate surface area is 184 Å². The molecule has 0 saturated heterocycles. The van der Waals surface area contributed by atoms with Crippen molar-refractivity contribution in [3.05, 3.63) is 77.7 Å². The molecule has 2 aromatic heterocycles. The molecule has 0 unspecified atom stereocenters. The van der Waals surface area contributed by atoms with Gasteiger partial charge in [-0.15, -0.1) is 5.10 Å². The lowest BCUT2D eigenvalue weighted by Crippen LogP contribution is -2.33. The van der Waals surface area contributed by atoms with Gasteiger partial charge in [0.1, 0.15) is 18.4 Å². The molecule has 33 heavy (non-hydrogen) atoms. The predicted octanol–water partition coefficient (Wildman–Crippen LogP) is 4.44. The molecule has 0 radical (unpaired) electrons. The van der Waals surface area contributed by atoms with Gasteiger partial charge in [0, 0.05) is 17.3 Å². The van der Waals surface area contributed by atoms with E-state index in [1.165, 1.54) is 16.8 Å². The largest absolute Gasteiger partial charge is 0.405 e. The minimum absolute atomic E-state index is 0.223. The second-order valence-corrected chi connectivity index (χ2v) is 6.96. The van der Waals surface area contributed by atoms with Gasteiger partial charge >= 0.3 is 6.18 Å². The lowest BCUT2D eigenvalue weighted by atomic mass is 10.0. The summed E-state index contributed by atoms with van der Waals surface area (Å²) in [6.07, 6.45) is -3.04. The van der Waals surface area contributed by atoms with E-state index in [-0.39, 0.29) is 17.1 Å². The number of rotatable bonds is 5. The van der Waals surface area contributed by atoms with Crippen molar-refractivity contribution < 1.29 is 22.4 Å². The van der Waals surface area contributed by atoms with E-state index in [1.54, 1.807) is 41.7 Å². The Morgan fingerprint density at radius 1 is 1.09 bits per heavy atom. The van der Waals surface area contributed by atoms with E-state index >= 15 is 0 Å². The smallest absolute Gasteiger partial charge is 0.343 e. The van der Waals surface area contributed by atoms with Crippen LogP contribution >= 0.6 is 0 Å². The standard InChI is InChI=1S/C22H14F4N6O/c23-17-8-15(7-16(9-17)20(33)28-12-22(24,25)26)14-5-6-19-30-21(31-32(19)11-14)29-18-4-2-1-3-13(18)10-27/h1-9,11H,12H2,(H,28,33)(H,29,31). The first kappa shape index (κ1) is 21.8. The molecule has 0 aliphatic heterocycles. The van der Waals surface area contributed by atoms with Crippen LogP contribution in [0, 0.1) is 17.1 Å². The van der Waals surface area contributed by atoms with Gasteiger partial charge in [-0.25, -0.2) is 8.91 Å². The number of anilines is 2. The fraction of sp³-hybridized carbons (Fsp3) is 0.0909. The Kier molecular flexibility index (Phi) is 5.66. The number of carbonyl (C=O) groups excluding carboxylic acids is 1. The number of fused-ring (bicyclic) bond motifs is 1. The van der Waals surface area contributed by atoms with E-state index in [4.69, 9.17) is 0 Å². The molecule has 2 heterocycles. The number of alkyl halides is 3. The third-order valence-corrected chi connectivity index (χ3v) is 4.57. The van der Waals surface area contributed by atoms with E-state index < -0.39 is 24.4 Å². The number of aromatic nitrogens is 3. The van der Waals surface area contributed by atoms with Crippen LogP contribution in [0.1, 0.15) is 15.9 Å². The van der Waals surface area contributed by atoms with Gasteiger partial charge in [0.05, 0.1) is 11.3 Å². The summed E-state index contributed by atoms with van der Waals surface area (Å²) in [6.45, 7) is -1.52. The van der Waals surface area contributed by atoms with Crippen LogP contribution in [0.5, 0.6) is 0 Å². The Morgan fingerprint density at radius 3 is 2.64 bits per heavy atom. The van der Waals surface area contributed by atoms with Crippen molar-refractivity contribution in [3.8, 4) is 17.2 Å². The average molecular weight is 454 g/mol. The minimum atomic E-state index is -4.58. The average Bonchev–Trinajstić information content (AvgIpc) is 3.18. The number of amides is 1. The SMILES string of the molecule is N#Cc1ccccc1Nc1nc2ccc(-c3cc(F)cc(C(=O)NCC(F)(F)F)c3)cn2n1. The van der Waals surface area contributed by atoms with Gasteiger partial charge in [-0.3, -0.25) is 4.79 Å². The molecular formula is C22H14F4N6O. The maximum Gasteiger partial charge on any atom is 0.405 e. The Hall–Kier alpha value is -4.46. The van der Waals surface area contributed by atoms with Gasteiger partial charge in [-0.1, -0.05) is 12.1 Å². The lowest BCUT2D eigenvalue weighted by molar-refractivity contribution is -0.123. The minimum Gasteiger partial charge on any atom is -0.343 e. The highest BCUT2D eigenvalue weighted by Crippen LogP contribution is 2.24. The third kappa shape index (κ3) is 5.07.